The van der Waals surface area contributed by atoms with Gasteiger partial charge in [0.05, 0.1) is 20.4 Å². The van der Waals surface area contributed by atoms with Crippen molar-refractivity contribution in [3.8, 4) is 23.0 Å². The first-order valence-electron chi connectivity index (χ1n) is 9.26. The predicted molar refractivity (Wildman–Crippen MR) is 110 cm³/mol. The van der Waals surface area contributed by atoms with Crippen LogP contribution in [0.3, 0.4) is 0 Å². The largest absolute Gasteiger partial charge is 0.493 e. The van der Waals surface area contributed by atoms with Gasteiger partial charge in [-0.1, -0.05) is 6.07 Å². The molecule has 1 aromatic carbocycles. The summed E-state index contributed by atoms with van der Waals surface area (Å²) in [6.07, 6.45) is 4.55. The summed E-state index contributed by atoms with van der Waals surface area (Å²) in [4.78, 5) is 38.1. The molecule has 0 atom stereocenters. The van der Waals surface area contributed by atoms with Crippen molar-refractivity contribution >= 4 is 5.91 Å². The molecule has 2 aromatic heterocycles. The number of aryl methyl sites for hydroxylation is 1. The highest BCUT2D eigenvalue weighted by molar-refractivity contribution is 5.76. The highest BCUT2D eigenvalue weighted by Crippen LogP contribution is 2.27. The highest BCUT2D eigenvalue weighted by Gasteiger charge is 2.17. The van der Waals surface area contributed by atoms with E-state index in [9.17, 15) is 9.59 Å². The van der Waals surface area contributed by atoms with Gasteiger partial charge in [0.1, 0.15) is 12.2 Å². The lowest BCUT2D eigenvalue weighted by Gasteiger charge is -2.14. The number of carbonyl (C=O) groups is 1. The van der Waals surface area contributed by atoms with E-state index in [1.54, 1.807) is 40.2 Å². The Labute approximate surface area is 173 Å². The van der Waals surface area contributed by atoms with Crippen LogP contribution in [0.15, 0.2) is 41.6 Å². The first-order valence-corrected chi connectivity index (χ1v) is 9.26. The summed E-state index contributed by atoms with van der Waals surface area (Å²) in [6, 6.07) is 5.38. The fourth-order valence-corrected chi connectivity index (χ4v) is 2.90. The van der Waals surface area contributed by atoms with Crippen LogP contribution in [0.1, 0.15) is 16.8 Å². The van der Waals surface area contributed by atoms with E-state index in [0.29, 0.717) is 34.3 Å². The molecule has 1 amide bonds. The molecule has 0 bridgehead atoms. The zero-order valence-corrected chi connectivity index (χ0v) is 17.3. The number of rotatable bonds is 7. The average molecular weight is 409 g/mol. The quantitative estimate of drug-likeness (QED) is 0.632. The third-order valence-electron chi connectivity index (χ3n) is 4.67. The monoisotopic (exact) mass is 409 g/mol. The second-order valence-corrected chi connectivity index (χ2v) is 6.59. The molecule has 0 aliphatic rings. The molecule has 0 unspecified atom stereocenters. The number of methoxy groups -OCH3 is 2. The molecule has 2 heterocycles. The van der Waals surface area contributed by atoms with Crippen molar-refractivity contribution < 1.29 is 14.3 Å². The van der Waals surface area contributed by atoms with Gasteiger partial charge in [-0.15, -0.1) is 0 Å². The van der Waals surface area contributed by atoms with E-state index in [0.717, 1.165) is 5.56 Å². The Morgan fingerprint density at radius 1 is 1.13 bits per heavy atom. The minimum atomic E-state index is -0.331. The Hall–Kier alpha value is -3.75. The Morgan fingerprint density at radius 2 is 1.90 bits per heavy atom. The molecule has 30 heavy (non-hydrogen) atoms. The normalized spacial score (nSPS) is 10.5. The van der Waals surface area contributed by atoms with Gasteiger partial charge in [0.2, 0.25) is 5.91 Å². The van der Waals surface area contributed by atoms with E-state index in [4.69, 9.17) is 9.47 Å². The molecule has 0 radical (unpaired) electrons. The van der Waals surface area contributed by atoms with Gasteiger partial charge in [0.25, 0.3) is 5.56 Å². The van der Waals surface area contributed by atoms with E-state index in [1.807, 2.05) is 6.07 Å². The Balaban J connectivity index is 1.82. The van der Waals surface area contributed by atoms with Gasteiger partial charge in [-0.2, -0.15) is 0 Å². The Morgan fingerprint density at radius 3 is 2.57 bits per heavy atom. The molecule has 1 N–H and O–H groups in total. The van der Waals surface area contributed by atoms with Crippen LogP contribution in [0.25, 0.3) is 11.5 Å². The minimum absolute atomic E-state index is 0.188. The van der Waals surface area contributed by atoms with Crippen LogP contribution in [0.5, 0.6) is 11.5 Å². The van der Waals surface area contributed by atoms with Crippen molar-refractivity contribution in [1.82, 2.24) is 24.8 Å². The molecular weight excluding hydrogens is 386 g/mol. The number of nitrogens with one attached hydrogen (secondary N) is 1. The summed E-state index contributed by atoms with van der Waals surface area (Å²) in [5, 5.41) is 2.82. The lowest BCUT2D eigenvalue weighted by Crippen LogP contribution is -2.34. The summed E-state index contributed by atoms with van der Waals surface area (Å²) < 4.78 is 11.8. The van der Waals surface area contributed by atoms with Crippen molar-refractivity contribution in [3.63, 3.8) is 0 Å². The molecule has 3 aromatic rings. The lowest BCUT2D eigenvalue weighted by molar-refractivity contribution is -0.121. The van der Waals surface area contributed by atoms with Crippen LogP contribution in [-0.4, -0.2) is 39.6 Å². The maximum absolute atomic E-state index is 12.8. The number of hydrogen-bond donors (Lipinski definition) is 1. The van der Waals surface area contributed by atoms with Crippen LogP contribution < -0.4 is 20.3 Å². The molecule has 9 nitrogen and oxygen atoms in total. The van der Waals surface area contributed by atoms with Gasteiger partial charge in [-0.25, -0.2) is 9.97 Å². The molecule has 156 valence electrons. The van der Waals surface area contributed by atoms with Crippen LogP contribution >= 0.6 is 0 Å². The summed E-state index contributed by atoms with van der Waals surface area (Å²) in [5.41, 5.74) is 2.04. The molecule has 0 saturated heterocycles. The van der Waals surface area contributed by atoms with Gasteiger partial charge in [0, 0.05) is 30.2 Å². The van der Waals surface area contributed by atoms with Gasteiger partial charge < -0.3 is 14.8 Å². The first kappa shape index (κ1) is 21.0. The molecule has 0 spiro atoms. The molecule has 0 fully saturated rings. The summed E-state index contributed by atoms with van der Waals surface area (Å²) in [7, 11) is 3.11. The van der Waals surface area contributed by atoms with Crippen molar-refractivity contribution in [2.45, 2.75) is 26.9 Å². The smallest absolute Gasteiger partial charge is 0.257 e. The Bertz CT molecular complexity index is 1110. The van der Waals surface area contributed by atoms with Crippen molar-refractivity contribution in [2.75, 3.05) is 14.2 Å². The van der Waals surface area contributed by atoms with Crippen molar-refractivity contribution in [2.24, 2.45) is 0 Å². The molecule has 9 heteroatoms. The molecule has 0 aliphatic heterocycles. The molecular formula is C21H23N5O4. The zero-order valence-electron chi connectivity index (χ0n) is 17.3. The first-order chi connectivity index (χ1) is 14.4. The number of benzene rings is 1. The molecule has 3 rings (SSSR count). The second-order valence-electron chi connectivity index (χ2n) is 6.59. The van der Waals surface area contributed by atoms with Crippen molar-refractivity contribution in [3.05, 3.63) is 64.0 Å². The van der Waals surface area contributed by atoms with Crippen LogP contribution in [0, 0.1) is 13.8 Å². The topological polar surface area (TPSA) is 108 Å². The van der Waals surface area contributed by atoms with Gasteiger partial charge in [-0.3, -0.25) is 19.1 Å². The maximum atomic E-state index is 12.8. The third kappa shape index (κ3) is 4.45. The van der Waals surface area contributed by atoms with E-state index in [-0.39, 0.29) is 24.6 Å². The number of nitrogens with zero attached hydrogens (tertiary/aromatic N) is 4. The molecule has 0 saturated carbocycles. The van der Waals surface area contributed by atoms with E-state index < -0.39 is 0 Å². The lowest BCUT2D eigenvalue weighted by atomic mass is 10.2. The summed E-state index contributed by atoms with van der Waals surface area (Å²) >= 11 is 0. The third-order valence-corrected chi connectivity index (χ3v) is 4.67. The number of ether oxygens (including phenoxy) is 2. The van der Waals surface area contributed by atoms with Crippen molar-refractivity contribution in [1.29, 1.82) is 0 Å². The highest BCUT2D eigenvalue weighted by atomic mass is 16.5. The fourth-order valence-electron chi connectivity index (χ4n) is 2.90. The summed E-state index contributed by atoms with van der Waals surface area (Å²) in [5.74, 6) is 1.15. The molecule has 0 aliphatic carbocycles. The van der Waals surface area contributed by atoms with E-state index in [2.05, 4.69) is 20.3 Å². The van der Waals surface area contributed by atoms with Crippen LogP contribution in [-0.2, 0) is 17.9 Å². The van der Waals surface area contributed by atoms with E-state index in [1.165, 1.54) is 23.2 Å². The maximum Gasteiger partial charge on any atom is 0.257 e. The Kier molecular flexibility index (Phi) is 6.41. The van der Waals surface area contributed by atoms with Gasteiger partial charge >= 0.3 is 0 Å². The second kappa shape index (κ2) is 9.17. The number of carbonyl (C=O) groups excluding carboxylic acids is 1. The van der Waals surface area contributed by atoms with E-state index >= 15 is 0 Å². The summed E-state index contributed by atoms with van der Waals surface area (Å²) in [6.45, 7) is 3.51. The number of amides is 1. The average Bonchev–Trinajstić information content (AvgIpc) is 2.78. The number of aromatic nitrogens is 4. The fraction of sp³-hybridized carbons (Fsp3) is 0.286. The zero-order chi connectivity index (χ0) is 21.7. The number of hydrogen-bond acceptors (Lipinski definition) is 7. The minimum Gasteiger partial charge on any atom is -0.493 e. The predicted octanol–water partition coefficient (Wildman–Crippen LogP) is 1.65. The van der Waals surface area contributed by atoms with Crippen LogP contribution in [0.4, 0.5) is 0 Å². The standard InChI is InChI=1S/C21H23N5O4/c1-13-14(2)25-20(16-11-22-7-8-23-16)26(21(13)28)12-19(27)24-10-15-5-6-17(29-3)18(9-15)30-4/h5-9,11H,10,12H2,1-4H3,(H,24,27). The van der Waals surface area contributed by atoms with Gasteiger partial charge in [-0.05, 0) is 31.5 Å². The SMILES string of the molecule is COc1ccc(CNC(=O)Cn2c(-c3cnccn3)nc(C)c(C)c2=O)cc1OC. The van der Waals surface area contributed by atoms with Crippen LogP contribution in [0.2, 0.25) is 0 Å². The van der Waals surface area contributed by atoms with Gasteiger partial charge in [0.15, 0.2) is 17.3 Å².